The SMILES string of the molecule is COc1ccc2c(O[C@@H]3C[C@H]4C(=O)N[C@]5(C(=O)NS(=O)(=O)C6CC6)C[C@H]5C=CCC[C@H](C)C[C@@H](C)[C@H](NC(=O)O)C(=O)N4C3)ncc(OC)c2c1. The van der Waals surface area contributed by atoms with E-state index in [9.17, 15) is 32.7 Å². The number of carboxylic acid groups (broad SMARTS) is 1. The Balaban J connectivity index is 1.34. The van der Waals surface area contributed by atoms with Crippen molar-refractivity contribution < 1.29 is 46.9 Å². The zero-order valence-electron chi connectivity index (χ0n) is 29.1. The third-order valence-corrected chi connectivity index (χ3v) is 12.2. The molecule has 6 rings (SSSR count). The van der Waals surface area contributed by atoms with E-state index in [-0.39, 0.29) is 31.2 Å². The minimum Gasteiger partial charge on any atom is -0.497 e. The summed E-state index contributed by atoms with van der Waals surface area (Å²) < 4.78 is 45.0. The molecular weight excluding hydrogens is 682 g/mol. The Labute approximate surface area is 296 Å². The number of amides is 4. The van der Waals surface area contributed by atoms with E-state index >= 15 is 0 Å². The molecule has 2 aromatic rings. The van der Waals surface area contributed by atoms with Crippen molar-refractivity contribution in [1.82, 2.24) is 25.2 Å². The predicted octanol–water partition coefficient (Wildman–Crippen LogP) is 2.73. The summed E-state index contributed by atoms with van der Waals surface area (Å²) in [5, 5.41) is 15.6. The van der Waals surface area contributed by atoms with Crippen LogP contribution in [0.5, 0.6) is 17.4 Å². The van der Waals surface area contributed by atoms with Crippen LogP contribution in [0.2, 0.25) is 0 Å². The summed E-state index contributed by atoms with van der Waals surface area (Å²) in [6, 6.07) is 2.94. The van der Waals surface area contributed by atoms with E-state index in [1.165, 1.54) is 18.2 Å². The van der Waals surface area contributed by atoms with Crippen molar-refractivity contribution in [2.75, 3.05) is 20.8 Å². The van der Waals surface area contributed by atoms with Crippen molar-refractivity contribution in [1.29, 1.82) is 0 Å². The monoisotopic (exact) mass is 727 g/mol. The van der Waals surface area contributed by atoms with Gasteiger partial charge in [0.25, 0.3) is 5.91 Å². The van der Waals surface area contributed by atoms with Crippen LogP contribution in [0.1, 0.15) is 58.8 Å². The van der Waals surface area contributed by atoms with E-state index < -0.39 is 74.7 Å². The Morgan fingerprint density at radius 1 is 1.08 bits per heavy atom. The number of ether oxygens (including phenoxy) is 3. The zero-order chi connectivity index (χ0) is 36.7. The highest BCUT2D eigenvalue weighted by molar-refractivity contribution is 7.91. The zero-order valence-corrected chi connectivity index (χ0v) is 29.9. The quantitative estimate of drug-likeness (QED) is 0.291. The number of allylic oxidation sites excluding steroid dienone is 1. The number of methoxy groups -OCH3 is 2. The number of sulfonamides is 1. The van der Waals surface area contributed by atoms with Crippen LogP contribution in [-0.2, 0) is 24.4 Å². The van der Waals surface area contributed by atoms with Gasteiger partial charge in [-0.25, -0.2) is 18.2 Å². The minimum absolute atomic E-state index is 0.00785. The van der Waals surface area contributed by atoms with Crippen molar-refractivity contribution in [2.45, 2.75) is 87.8 Å². The highest BCUT2D eigenvalue weighted by atomic mass is 32.2. The summed E-state index contributed by atoms with van der Waals surface area (Å²) >= 11 is 0. The Morgan fingerprint density at radius 3 is 2.53 bits per heavy atom. The Kier molecular flexibility index (Phi) is 10.1. The molecule has 1 aromatic heterocycles. The molecule has 0 spiro atoms. The molecule has 0 radical (unpaired) electrons. The van der Waals surface area contributed by atoms with Crippen molar-refractivity contribution in [2.24, 2.45) is 17.8 Å². The Hall–Kier alpha value is -4.60. The number of nitrogens with zero attached hydrogens (tertiary/aromatic N) is 2. The lowest BCUT2D eigenvalue weighted by Gasteiger charge is -2.32. The average Bonchev–Trinajstić information content (AvgIpc) is 4.01. The number of carbonyl (C=O) groups excluding carboxylic acids is 3. The van der Waals surface area contributed by atoms with Crippen molar-refractivity contribution in [3.8, 4) is 17.4 Å². The molecule has 15 nitrogen and oxygen atoms in total. The van der Waals surface area contributed by atoms with Gasteiger partial charge >= 0.3 is 6.09 Å². The lowest BCUT2D eigenvalue weighted by atomic mass is 9.88. The van der Waals surface area contributed by atoms with Crippen LogP contribution < -0.4 is 29.6 Å². The van der Waals surface area contributed by atoms with Gasteiger partial charge in [-0.05, 0) is 68.6 Å². The van der Waals surface area contributed by atoms with Crippen LogP contribution in [0.3, 0.4) is 0 Å². The fourth-order valence-corrected chi connectivity index (χ4v) is 8.71. The first kappa shape index (κ1) is 36.2. The molecule has 51 heavy (non-hydrogen) atoms. The molecule has 16 heteroatoms. The standard InChI is InChI=1S/C35H45N5O10S/c1-19-7-5-6-8-21-16-35(21,33(43)39-51(46,47)24-10-11-24)38-30(41)27-15-23(18-40(27)32(42)29(20(2)13-19)37-34(44)45)50-31-25-12-9-22(48-3)14-26(25)28(49-4)17-36-31/h6,8-9,12,14,17,19-21,23-24,27,29,37H,5,7,10-11,13,15-16,18H2,1-4H3,(H,38,41)(H,39,43)(H,44,45)/t19-,20+,21+,23+,27-,29-,35+/m0/s1. The maximum absolute atomic E-state index is 14.3. The van der Waals surface area contributed by atoms with Gasteiger partial charge in [0.15, 0.2) is 0 Å². The maximum Gasteiger partial charge on any atom is 0.405 e. The van der Waals surface area contributed by atoms with Crippen LogP contribution in [0.15, 0.2) is 36.5 Å². The number of benzene rings is 1. The largest absolute Gasteiger partial charge is 0.497 e. The maximum atomic E-state index is 14.3. The first-order valence-electron chi connectivity index (χ1n) is 17.3. The molecule has 4 N–H and O–H groups in total. The van der Waals surface area contributed by atoms with E-state index in [2.05, 4.69) is 20.3 Å². The summed E-state index contributed by atoms with van der Waals surface area (Å²) in [5.74, 6) is -1.55. The van der Waals surface area contributed by atoms with E-state index in [1.807, 2.05) is 19.1 Å². The number of aromatic nitrogens is 1. The number of nitrogens with one attached hydrogen (secondary N) is 3. The van der Waals surface area contributed by atoms with E-state index in [0.717, 1.165) is 6.42 Å². The summed E-state index contributed by atoms with van der Waals surface area (Å²) in [4.78, 5) is 60.0. The van der Waals surface area contributed by atoms with Gasteiger partial charge in [0, 0.05) is 23.1 Å². The molecule has 4 aliphatic rings. The van der Waals surface area contributed by atoms with Gasteiger partial charge in [0.1, 0.15) is 35.2 Å². The molecular formula is C35H45N5O10S. The van der Waals surface area contributed by atoms with Gasteiger partial charge in [-0.1, -0.05) is 26.0 Å². The van der Waals surface area contributed by atoms with Crippen LogP contribution in [-0.4, -0.2) is 97.0 Å². The molecule has 3 heterocycles. The third kappa shape index (κ3) is 7.55. The minimum atomic E-state index is -3.91. The summed E-state index contributed by atoms with van der Waals surface area (Å²) in [6.07, 6.45) is 6.14. The third-order valence-electron chi connectivity index (χ3n) is 10.4. The number of pyridine rings is 1. The molecule has 1 aromatic carbocycles. The average molecular weight is 728 g/mol. The fraction of sp³-hybridized carbons (Fsp3) is 0.571. The number of rotatable bonds is 8. The molecule has 7 atom stereocenters. The highest BCUT2D eigenvalue weighted by Crippen LogP contribution is 2.46. The van der Waals surface area contributed by atoms with E-state index in [0.29, 0.717) is 48.0 Å². The molecule has 0 bridgehead atoms. The molecule has 1 saturated heterocycles. The van der Waals surface area contributed by atoms with E-state index in [4.69, 9.17) is 14.2 Å². The number of carbonyl (C=O) groups is 4. The fourth-order valence-electron chi connectivity index (χ4n) is 7.34. The first-order chi connectivity index (χ1) is 24.3. The van der Waals surface area contributed by atoms with Crippen LogP contribution in [0, 0.1) is 17.8 Å². The molecule has 2 saturated carbocycles. The molecule has 4 amide bonds. The summed E-state index contributed by atoms with van der Waals surface area (Å²) in [6.45, 7) is 3.75. The Morgan fingerprint density at radius 2 is 1.84 bits per heavy atom. The highest BCUT2D eigenvalue weighted by Gasteiger charge is 2.62. The van der Waals surface area contributed by atoms with Gasteiger partial charge in [0.05, 0.1) is 32.2 Å². The molecule has 276 valence electrons. The second-order valence-electron chi connectivity index (χ2n) is 14.2. The predicted molar refractivity (Wildman–Crippen MR) is 185 cm³/mol. The van der Waals surface area contributed by atoms with Crippen LogP contribution in [0.4, 0.5) is 4.79 Å². The summed E-state index contributed by atoms with van der Waals surface area (Å²) in [7, 11) is -0.849. The number of fused-ring (bicyclic) bond motifs is 3. The smallest absolute Gasteiger partial charge is 0.405 e. The molecule has 0 unspecified atom stereocenters. The van der Waals surface area contributed by atoms with Crippen LogP contribution >= 0.6 is 0 Å². The van der Waals surface area contributed by atoms with Crippen molar-refractivity contribution >= 4 is 44.6 Å². The first-order valence-corrected chi connectivity index (χ1v) is 18.8. The van der Waals surface area contributed by atoms with Crippen molar-refractivity contribution in [3.63, 3.8) is 0 Å². The van der Waals surface area contributed by atoms with Gasteiger partial charge in [-0.15, -0.1) is 0 Å². The molecule has 2 aliphatic carbocycles. The van der Waals surface area contributed by atoms with Crippen LogP contribution in [0.25, 0.3) is 10.8 Å². The second kappa shape index (κ2) is 14.2. The summed E-state index contributed by atoms with van der Waals surface area (Å²) in [5.41, 5.74) is -1.53. The molecule has 3 fully saturated rings. The number of hydrogen-bond donors (Lipinski definition) is 4. The number of hydrogen-bond acceptors (Lipinski definition) is 10. The normalized spacial score (nSPS) is 29.8. The molecule has 2 aliphatic heterocycles. The van der Waals surface area contributed by atoms with Gasteiger partial charge in [-0.2, -0.15) is 0 Å². The lowest BCUT2D eigenvalue weighted by molar-refractivity contribution is -0.142. The van der Waals surface area contributed by atoms with Crippen molar-refractivity contribution in [3.05, 3.63) is 36.5 Å². The van der Waals surface area contributed by atoms with Gasteiger partial charge in [0.2, 0.25) is 27.7 Å². The topological polar surface area (TPSA) is 203 Å². The van der Waals surface area contributed by atoms with E-state index in [1.54, 1.807) is 32.2 Å². The lowest BCUT2D eigenvalue weighted by Crippen LogP contribution is -2.59. The van der Waals surface area contributed by atoms with Gasteiger partial charge < -0.3 is 34.9 Å². The second-order valence-corrected chi connectivity index (χ2v) is 16.2. The Bertz CT molecular complexity index is 1850. The van der Waals surface area contributed by atoms with Gasteiger partial charge in [-0.3, -0.25) is 19.1 Å².